The van der Waals surface area contributed by atoms with Crippen LogP contribution >= 0.6 is 23.2 Å². The number of sulfonamides is 1. The minimum Gasteiger partial charge on any atom is -0.492 e. The molecule has 44 heavy (non-hydrogen) atoms. The highest BCUT2D eigenvalue weighted by Crippen LogP contribution is 2.31. The van der Waals surface area contributed by atoms with Gasteiger partial charge in [0.1, 0.15) is 18.3 Å². The van der Waals surface area contributed by atoms with Crippen molar-refractivity contribution < 1.29 is 22.7 Å². The number of hydrogen-bond acceptors (Lipinski definition) is 5. The van der Waals surface area contributed by atoms with Crippen molar-refractivity contribution >= 4 is 50.7 Å². The van der Waals surface area contributed by atoms with E-state index in [1.54, 1.807) is 49.4 Å². The van der Waals surface area contributed by atoms with Gasteiger partial charge in [-0.05, 0) is 49.6 Å². The number of ether oxygens (including phenoxy) is 1. The van der Waals surface area contributed by atoms with Crippen LogP contribution in [0.5, 0.6) is 5.75 Å². The summed E-state index contributed by atoms with van der Waals surface area (Å²) in [6, 6.07) is 20.1. The molecule has 8 nitrogen and oxygen atoms in total. The van der Waals surface area contributed by atoms with Crippen molar-refractivity contribution in [3.05, 3.63) is 94.0 Å². The molecule has 0 radical (unpaired) electrons. The fraction of sp³-hybridized carbons (Fsp3) is 0.394. The second kappa shape index (κ2) is 15.6. The Morgan fingerprint density at radius 2 is 1.57 bits per heavy atom. The summed E-state index contributed by atoms with van der Waals surface area (Å²) >= 11 is 13.1. The summed E-state index contributed by atoms with van der Waals surface area (Å²) in [5, 5.41) is 3.85. The SMILES string of the molecule is CCOc1ccccc1N(CC(=O)N(Cc1c(Cl)cccc1Cl)C(Cc1ccccc1)C(=O)NC1CCCCC1)S(C)(=O)=O. The number of rotatable bonds is 13. The van der Waals surface area contributed by atoms with Gasteiger partial charge in [0.25, 0.3) is 0 Å². The first-order valence-corrected chi connectivity index (χ1v) is 17.4. The van der Waals surface area contributed by atoms with E-state index in [-0.39, 0.29) is 30.6 Å². The molecule has 1 unspecified atom stereocenters. The standard InChI is InChI=1S/C33H39Cl2N3O5S/c1-3-43-31-20-11-10-19-29(31)38(44(2,41)42)23-32(39)37(22-26-27(34)17-12-18-28(26)35)30(21-24-13-6-4-7-14-24)33(40)36-25-15-8-5-9-16-25/h4,6-7,10-14,17-20,25,30H,3,5,8-9,15-16,21-23H2,1-2H3,(H,36,40). The molecule has 2 amide bonds. The van der Waals surface area contributed by atoms with Gasteiger partial charge in [0.05, 0.1) is 18.6 Å². The zero-order valence-electron chi connectivity index (χ0n) is 25.0. The largest absolute Gasteiger partial charge is 0.492 e. The van der Waals surface area contributed by atoms with Crippen LogP contribution < -0.4 is 14.4 Å². The predicted molar refractivity (Wildman–Crippen MR) is 176 cm³/mol. The Morgan fingerprint density at radius 3 is 2.20 bits per heavy atom. The van der Waals surface area contributed by atoms with Crippen molar-refractivity contribution in [3.63, 3.8) is 0 Å². The maximum Gasteiger partial charge on any atom is 0.244 e. The Labute approximate surface area is 270 Å². The molecule has 0 saturated heterocycles. The number of halogens is 2. The molecule has 3 aromatic rings. The van der Waals surface area contributed by atoms with Gasteiger partial charge in [-0.15, -0.1) is 0 Å². The smallest absolute Gasteiger partial charge is 0.244 e. The molecule has 1 atom stereocenters. The Hall–Kier alpha value is -3.27. The Morgan fingerprint density at radius 1 is 0.932 bits per heavy atom. The molecule has 0 bridgehead atoms. The third-order valence-corrected chi connectivity index (χ3v) is 9.56. The Balaban J connectivity index is 1.77. The lowest BCUT2D eigenvalue weighted by atomic mass is 9.94. The van der Waals surface area contributed by atoms with Crippen LogP contribution in [0.3, 0.4) is 0 Å². The molecule has 0 aromatic heterocycles. The third kappa shape index (κ3) is 8.89. The molecule has 0 aliphatic heterocycles. The zero-order valence-corrected chi connectivity index (χ0v) is 27.4. The Bertz CT molecular complexity index is 1510. The van der Waals surface area contributed by atoms with Crippen molar-refractivity contribution in [1.29, 1.82) is 0 Å². The number of anilines is 1. The van der Waals surface area contributed by atoms with Gasteiger partial charge >= 0.3 is 0 Å². The van der Waals surface area contributed by atoms with E-state index in [0.29, 0.717) is 28.0 Å². The number of nitrogens with one attached hydrogen (secondary N) is 1. The van der Waals surface area contributed by atoms with Gasteiger partial charge in [-0.1, -0.05) is 91.0 Å². The van der Waals surface area contributed by atoms with Gasteiger partial charge in [-0.25, -0.2) is 8.42 Å². The lowest BCUT2D eigenvalue weighted by Gasteiger charge is -2.35. The summed E-state index contributed by atoms with van der Waals surface area (Å²) in [5.41, 5.74) is 1.54. The maximum absolute atomic E-state index is 14.4. The molecule has 0 heterocycles. The fourth-order valence-electron chi connectivity index (χ4n) is 5.49. The first-order valence-electron chi connectivity index (χ1n) is 14.8. The number of nitrogens with zero attached hydrogens (tertiary/aromatic N) is 2. The molecule has 1 N–H and O–H groups in total. The molecule has 3 aromatic carbocycles. The number of carbonyl (C=O) groups is 2. The van der Waals surface area contributed by atoms with Crippen LogP contribution in [0.2, 0.25) is 10.0 Å². The molecule has 1 aliphatic carbocycles. The van der Waals surface area contributed by atoms with Crippen molar-refractivity contribution in [2.75, 3.05) is 23.7 Å². The number of hydrogen-bond donors (Lipinski definition) is 1. The minimum atomic E-state index is -3.95. The maximum atomic E-state index is 14.4. The van der Waals surface area contributed by atoms with E-state index in [4.69, 9.17) is 27.9 Å². The van der Waals surface area contributed by atoms with Crippen LogP contribution in [0.1, 0.15) is 50.2 Å². The third-order valence-electron chi connectivity index (χ3n) is 7.73. The molecule has 1 fully saturated rings. The van der Waals surface area contributed by atoms with Gasteiger partial charge in [0, 0.05) is 34.6 Å². The van der Waals surface area contributed by atoms with Gasteiger partial charge in [0.15, 0.2) is 0 Å². The molecular formula is C33H39Cl2N3O5S. The monoisotopic (exact) mass is 659 g/mol. The normalized spacial score (nSPS) is 14.5. The second-order valence-corrected chi connectivity index (χ2v) is 13.7. The summed E-state index contributed by atoms with van der Waals surface area (Å²) in [6.45, 7) is 1.44. The van der Waals surface area contributed by atoms with Crippen molar-refractivity contribution in [2.45, 2.75) is 64.1 Å². The average Bonchev–Trinajstić information content (AvgIpc) is 3.00. The lowest BCUT2D eigenvalue weighted by Crippen LogP contribution is -2.55. The van der Waals surface area contributed by atoms with Crippen molar-refractivity contribution in [3.8, 4) is 5.75 Å². The molecule has 11 heteroatoms. The zero-order chi connectivity index (χ0) is 31.7. The topological polar surface area (TPSA) is 96.0 Å². The van der Waals surface area contributed by atoms with Crippen LogP contribution in [0.15, 0.2) is 72.8 Å². The number of carbonyl (C=O) groups excluding carboxylic acids is 2. The van der Waals surface area contributed by atoms with E-state index in [1.807, 2.05) is 30.3 Å². The van der Waals surface area contributed by atoms with E-state index >= 15 is 0 Å². The van der Waals surface area contributed by atoms with E-state index in [0.717, 1.165) is 48.2 Å². The summed E-state index contributed by atoms with van der Waals surface area (Å²) in [7, 11) is -3.95. The first-order chi connectivity index (χ1) is 21.1. The van der Waals surface area contributed by atoms with Crippen LogP contribution in [0, 0.1) is 0 Å². The highest BCUT2D eigenvalue weighted by atomic mass is 35.5. The number of amides is 2. The van der Waals surface area contributed by atoms with Crippen molar-refractivity contribution in [2.24, 2.45) is 0 Å². The van der Waals surface area contributed by atoms with Crippen LogP contribution in [-0.2, 0) is 32.6 Å². The van der Waals surface area contributed by atoms with Crippen LogP contribution in [0.25, 0.3) is 0 Å². The summed E-state index contributed by atoms with van der Waals surface area (Å²) in [5.74, 6) is -0.569. The highest BCUT2D eigenvalue weighted by molar-refractivity contribution is 7.92. The number of benzene rings is 3. The summed E-state index contributed by atoms with van der Waals surface area (Å²) < 4.78 is 33.0. The van der Waals surface area contributed by atoms with Crippen LogP contribution in [-0.4, -0.2) is 56.6 Å². The van der Waals surface area contributed by atoms with Gasteiger partial charge in [0.2, 0.25) is 21.8 Å². The highest BCUT2D eigenvalue weighted by Gasteiger charge is 2.35. The van der Waals surface area contributed by atoms with E-state index in [1.165, 1.54) is 4.90 Å². The predicted octanol–water partition coefficient (Wildman–Crippen LogP) is 6.25. The fourth-order valence-corrected chi connectivity index (χ4v) is 6.86. The lowest BCUT2D eigenvalue weighted by molar-refractivity contribution is -0.140. The van der Waals surface area contributed by atoms with Gasteiger partial charge in [-0.3, -0.25) is 13.9 Å². The van der Waals surface area contributed by atoms with Crippen LogP contribution in [0.4, 0.5) is 5.69 Å². The second-order valence-electron chi connectivity index (χ2n) is 10.9. The molecule has 1 saturated carbocycles. The average molecular weight is 661 g/mol. The molecular weight excluding hydrogens is 621 g/mol. The summed E-state index contributed by atoms with van der Waals surface area (Å²) in [4.78, 5) is 29.9. The van der Waals surface area contributed by atoms with E-state index in [9.17, 15) is 18.0 Å². The Kier molecular flexibility index (Phi) is 11.9. The van der Waals surface area contributed by atoms with E-state index in [2.05, 4.69) is 5.32 Å². The quantitative estimate of drug-likeness (QED) is 0.234. The molecule has 236 valence electrons. The van der Waals surface area contributed by atoms with Crippen molar-refractivity contribution in [1.82, 2.24) is 10.2 Å². The minimum absolute atomic E-state index is 0.000893. The van der Waals surface area contributed by atoms with Gasteiger partial charge in [-0.2, -0.15) is 0 Å². The molecule has 0 spiro atoms. The summed E-state index contributed by atoms with van der Waals surface area (Å²) in [6.07, 6.45) is 6.15. The van der Waals surface area contributed by atoms with Gasteiger partial charge < -0.3 is 15.0 Å². The molecule has 1 aliphatic rings. The first kappa shape index (κ1) is 33.6. The number of para-hydroxylation sites is 2. The molecule has 4 rings (SSSR count). The van der Waals surface area contributed by atoms with E-state index < -0.39 is 28.5 Å².